The highest BCUT2D eigenvalue weighted by molar-refractivity contribution is 6.38. The Morgan fingerprint density at radius 1 is 1.05 bits per heavy atom. The van der Waals surface area contributed by atoms with E-state index in [1.54, 1.807) is 11.8 Å². The number of Topliss-reactive ketones (excluding diaryl/α,β-unsaturated/α-hetero) is 1. The molecule has 0 saturated carbocycles. The van der Waals surface area contributed by atoms with Gasteiger partial charge in [-0.15, -0.1) is 0 Å². The van der Waals surface area contributed by atoms with Gasteiger partial charge in [0.25, 0.3) is 11.8 Å². The standard InChI is InChI=1S/C31H38N4O5/c1-5-6-15-24(27(36)28(37)32-20(2)21-12-8-7-9-13-21)34-30(39)40-26-18-35(19-31(26,3)4)29(38)25-17-22-14-10-11-16-23(22)33-25/h7-14,16-17,20,24,26,33H,5-6,15,18-19H2,1-4H3,(H,32,37)(H,34,39)/t20-,24+,26+/m1/s1. The molecule has 1 aliphatic heterocycles. The monoisotopic (exact) mass is 546 g/mol. The predicted octanol–water partition coefficient (Wildman–Crippen LogP) is 4.75. The maximum absolute atomic E-state index is 13.2. The highest BCUT2D eigenvalue weighted by Gasteiger charge is 2.44. The Bertz CT molecular complexity index is 1330. The number of carbonyl (C=O) groups excluding carboxylic acids is 4. The second-order valence-electron chi connectivity index (χ2n) is 11.1. The van der Waals surface area contributed by atoms with E-state index in [2.05, 4.69) is 15.6 Å². The summed E-state index contributed by atoms with van der Waals surface area (Å²) in [7, 11) is 0. The Morgan fingerprint density at radius 3 is 2.45 bits per heavy atom. The number of carbonyl (C=O) groups is 4. The average molecular weight is 547 g/mol. The number of aromatic amines is 1. The van der Waals surface area contributed by atoms with Crippen molar-refractivity contribution >= 4 is 34.6 Å². The summed E-state index contributed by atoms with van der Waals surface area (Å²) in [6.45, 7) is 8.25. The van der Waals surface area contributed by atoms with Gasteiger partial charge in [0, 0.05) is 22.9 Å². The highest BCUT2D eigenvalue weighted by Crippen LogP contribution is 2.33. The predicted molar refractivity (Wildman–Crippen MR) is 153 cm³/mol. The van der Waals surface area contributed by atoms with E-state index in [0.29, 0.717) is 25.1 Å². The minimum Gasteiger partial charge on any atom is -0.444 e. The van der Waals surface area contributed by atoms with Gasteiger partial charge >= 0.3 is 6.09 Å². The van der Waals surface area contributed by atoms with E-state index in [4.69, 9.17) is 4.74 Å². The van der Waals surface area contributed by atoms with Crippen LogP contribution in [0.4, 0.5) is 4.79 Å². The number of hydrogen-bond acceptors (Lipinski definition) is 5. The molecule has 1 fully saturated rings. The topological polar surface area (TPSA) is 121 Å². The molecule has 2 heterocycles. The molecule has 1 saturated heterocycles. The van der Waals surface area contributed by atoms with Crippen LogP contribution in [0.2, 0.25) is 0 Å². The quantitative estimate of drug-likeness (QED) is 0.317. The number of nitrogens with one attached hydrogen (secondary N) is 3. The molecular formula is C31H38N4O5. The second kappa shape index (κ2) is 12.4. The molecule has 0 unspecified atom stereocenters. The Morgan fingerprint density at radius 2 is 1.75 bits per heavy atom. The van der Waals surface area contributed by atoms with Crippen LogP contribution in [0.15, 0.2) is 60.7 Å². The molecule has 212 valence electrons. The molecular weight excluding hydrogens is 508 g/mol. The van der Waals surface area contributed by atoms with Crippen LogP contribution >= 0.6 is 0 Å². The fraction of sp³-hybridized carbons (Fsp3) is 0.419. The number of ketones is 1. The van der Waals surface area contributed by atoms with Gasteiger partial charge in [-0.1, -0.05) is 82.1 Å². The number of alkyl carbamates (subject to hydrolysis) is 1. The van der Waals surface area contributed by atoms with E-state index < -0.39 is 35.3 Å². The summed E-state index contributed by atoms with van der Waals surface area (Å²) < 4.78 is 5.75. The lowest BCUT2D eigenvalue weighted by Gasteiger charge is -2.26. The molecule has 0 spiro atoms. The highest BCUT2D eigenvalue weighted by atomic mass is 16.6. The lowest BCUT2D eigenvalue weighted by atomic mass is 9.90. The summed E-state index contributed by atoms with van der Waals surface area (Å²) in [4.78, 5) is 56.9. The molecule has 3 aromatic rings. The molecule has 1 aromatic heterocycles. The third kappa shape index (κ3) is 6.70. The normalized spacial score (nSPS) is 17.7. The molecule has 3 N–H and O–H groups in total. The summed E-state index contributed by atoms with van der Waals surface area (Å²) >= 11 is 0. The first kappa shape index (κ1) is 28.9. The smallest absolute Gasteiger partial charge is 0.408 e. The molecule has 9 heteroatoms. The number of benzene rings is 2. The number of rotatable bonds is 10. The molecule has 3 amide bonds. The van der Waals surface area contributed by atoms with Crippen molar-refractivity contribution in [3.8, 4) is 0 Å². The van der Waals surface area contributed by atoms with E-state index in [1.807, 2.05) is 81.4 Å². The number of nitrogens with zero attached hydrogens (tertiary/aromatic N) is 1. The maximum Gasteiger partial charge on any atom is 0.408 e. The van der Waals surface area contributed by atoms with Gasteiger partial charge in [-0.05, 0) is 31.0 Å². The van der Waals surface area contributed by atoms with E-state index in [1.165, 1.54) is 0 Å². The Hall–Kier alpha value is -4.14. The van der Waals surface area contributed by atoms with Gasteiger partial charge in [-0.25, -0.2) is 4.79 Å². The van der Waals surface area contributed by atoms with Crippen molar-refractivity contribution in [3.63, 3.8) is 0 Å². The lowest BCUT2D eigenvalue weighted by Crippen LogP contribution is -2.49. The van der Waals surface area contributed by atoms with Crippen molar-refractivity contribution in [1.82, 2.24) is 20.5 Å². The van der Waals surface area contributed by atoms with Gasteiger partial charge in [0.05, 0.1) is 12.6 Å². The Balaban J connectivity index is 1.38. The summed E-state index contributed by atoms with van der Waals surface area (Å²) in [6, 6.07) is 17.5. The number of likely N-dealkylation sites (tertiary alicyclic amines) is 1. The van der Waals surface area contributed by atoms with Crippen LogP contribution in [0.1, 0.15) is 69.1 Å². The third-order valence-electron chi connectivity index (χ3n) is 7.48. The lowest BCUT2D eigenvalue weighted by molar-refractivity contribution is -0.139. The minimum absolute atomic E-state index is 0.170. The van der Waals surface area contributed by atoms with Crippen LogP contribution in [0.5, 0.6) is 0 Å². The number of ether oxygens (including phenoxy) is 1. The maximum atomic E-state index is 13.2. The van der Waals surface area contributed by atoms with Crippen molar-refractivity contribution in [2.75, 3.05) is 13.1 Å². The number of hydrogen-bond donors (Lipinski definition) is 3. The third-order valence-corrected chi connectivity index (χ3v) is 7.48. The first-order valence-corrected chi connectivity index (χ1v) is 13.8. The summed E-state index contributed by atoms with van der Waals surface area (Å²) in [6.07, 6.45) is 0.394. The van der Waals surface area contributed by atoms with Gasteiger partial charge in [0.15, 0.2) is 0 Å². The molecule has 1 aliphatic rings. The number of aromatic nitrogens is 1. The fourth-order valence-electron chi connectivity index (χ4n) is 5.05. The van der Waals surface area contributed by atoms with Gasteiger partial charge in [0.2, 0.25) is 5.78 Å². The summed E-state index contributed by atoms with van der Waals surface area (Å²) in [5.74, 6) is -1.64. The second-order valence-corrected chi connectivity index (χ2v) is 11.1. The molecule has 0 bridgehead atoms. The first-order chi connectivity index (χ1) is 19.1. The van der Waals surface area contributed by atoms with Gasteiger partial charge in [-0.2, -0.15) is 0 Å². The molecule has 2 aromatic carbocycles. The first-order valence-electron chi connectivity index (χ1n) is 13.8. The van der Waals surface area contributed by atoms with Gasteiger partial charge in [0.1, 0.15) is 17.8 Å². The summed E-state index contributed by atoms with van der Waals surface area (Å²) in [5, 5.41) is 6.30. The van der Waals surface area contributed by atoms with Crippen molar-refractivity contribution in [1.29, 1.82) is 0 Å². The van der Waals surface area contributed by atoms with E-state index in [9.17, 15) is 19.2 Å². The fourth-order valence-corrected chi connectivity index (χ4v) is 5.05. The zero-order valence-corrected chi connectivity index (χ0v) is 23.5. The van der Waals surface area contributed by atoms with Crippen LogP contribution in [-0.4, -0.2) is 58.8 Å². The van der Waals surface area contributed by atoms with Gasteiger partial charge < -0.3 is 25.3 Å². The van der Waals surface area contributed by atoms with Crippen molar-refractivity contribution in [2.45, 2.75) is 65.1 Å². The Kier molecular flexibility index (Phi) is 8.92. The Labute approximate surface area is 234 Å². The minimum atomic E-state index is -1.01. The number of unbranched alkanes of at least 4 members (excludes halogenated alkanes) is 1. The van der Waals surface area contributed by atoms with Crippen LogP contribution in [-0.2, 0) is 14.3 Å². The summed E-state index contributed by atoms with van der Waals surface area (Å²) in [5.41, 5.74) is 1.71. The van der Waals surface area contributed by atoms with Crippen LogP contribution in [0.3, 0.4) is 0 Å². The van der Waals surface area contributed by atoms with E-state index in [-0.39, 0.29) is 18.5 Å². The number of amides is 3. The molecule has 3 atom stereocenters. The van der Waals surface area contributed by atoms with Crippen LogP contribution in [0, 0.1) is 5.41 Å². The molecule has 9 nitrogen and oxygen atoms in total. The van der Waals surface area contributed by atoms with Crippen LogP contribution in [0.25, 0.3) is 10.9 Å². The molecule has 0 aliphatic carbocycles. The number of para-hydroxylation sites is 1. The zero-order valence-electron chi connectivity index (χ0n) is 23.5. The molecule has 0 radical (unpaired) electrons. The SMILES string of the molecule is CCCC[C@H](NC(=O)O[C@H]1CN(C(=O)c2cc3ccccc3[nH]2)CC1(C)C)C(=O)C(=O)N[C@H](C)c1ccccc1. The largest absolute Gasteiger partial charge is 0.444 e. The van der Waals surface area contributed by atoms with Crippen molar-refractivity contribution < 1.29 is 23.9 Å². The molecule has 4 rings (SSSR count). The molecule has 40 heavy (non-hydrogen) atoms. The zero-order chi connectivity index (χ0) is 28.9. The average Bonchev–Trinajstić information content (AvgIpc) is 3.50. The van der Waals surface area contributed by atoms with E-state index >= 15 is 0 Å². The van der Waals surface area contributed by atoms with Crippen molar-refractivity contribution in [3.05, 3.63) is 71.9 Å². The van der Waals surface area contributed by atoms with Gasteiger partial charge in [-0.3, -0.25) is 14.4 Å². The van der Waals surface area contributed by atoms with Crippen LogP contribution < -0.4 is 10.6 Å². The van der Waals surface area contributed by atoms with Crippen molar-refractivity contribution in [2.24, 2.45) is 5.41 Å². The number of H-pyrrole nitrogens is 1. The van der Waals surface area contributed by atoms with E-state index in [0.717, 1.165) is 22.9 Å². The number of fused-ring (bicyclic) bond motifs is 1.